The largest absolute Gasteiger partial charge is 0.497 e. The maximum atomic E-state index is 12.7. The third-order valence-electron chi connectivity index (χ3n) is 5.05. The minimum absolute atomic E-state index is 0.0917. The van der Waals surface area contributed by atoms with Crippen molar-refractivity contribution in [1.29, 1.82) is 0 Å². The quantitative estimate of drug-likeness (QED) is 0.268. The van der Waals surface area contributed by atoms with Gasteiger partial charge < -0.3 is 10.1 Å². The van der Waals surface area contributed by atoms with Crippen LogP contribution in [0.15, 0.2) is 78.0 Å². The van der Waals surface area contributed by atoms with Crippen molar-refractivity contribution in [3.8, 4) is 5.75 Å². The van der Waals surface area contributed by atoms with Gasteiger partial charge in [0.15, 0.2) is 16.2 Å². The summed E-state index contributed by atoms with van der Waals surface area (Å²) in [5, 5.41) is 4.46. The molecule has 0 radical (unpaired) electrons. The fourth-order valence-corrected chi connectivity index (χ4v) is 5.27. The molecule has 5 aromatic rings. The topological polar surface area (TPSA) is 70.9 Å². The molecular weight excluding hydrogens is 440 g/mol. The highest BCUT2D eigenvalue weighted by atomic mass is 32.2. The number of rotatable bonds is 7. The van der Waals surface area contributed by atoms with Crippen molar-refractivity contribution in [2.45, 2.75) is 11.7 Å². The van der Waals surface area contributed by atoms with Crippen LogP contribution in [-0.2, 0) is 11.3 Å². The van der Waals surface area contributed by atoms with Gasteiger partial charge in [-0.1, -0.05) is 53.8 Å². The number of thiazole rings is 1. The Kier molecular flexibility index (Phi) is 5.79. The van der Waals surface area contributed by atoms with Gasteiger partial charge in [0, 0.05) is 0 Å². The van der Waals surface area contributed by atoms with Crippen molar-refractivity contribution >= 4 is 55.4 Å². The van der Waals surface area contributed by atoms with Crippen LogP contribution in [0.4, 0.5) is 5.13 Å². The third-order valence-corrected chi connectivity index (χ3v) is 6.98. The number of amides is 1. The average molecular weight is 462 g/mol. The summed E-state index contributed by atoms with van der Waals surface area (Å²) in [6, 6.07) is 24.2. The van der Waals surface area contributed by atoms with E-state index in [4.69, 9.17) is 4.74 Å². The van der Waals surface area contributed by atoms with Crippen molar-refractivity contribution in [2.24, 2.45) is 0 Å². The molecule has 0 aliphatic rings. The van der Waals surface area contributed by atoms with Gasteiger partial charge in [-0.25, -0.2) is 14.5 Å². The first-order valence-corrected chi connectivity index (χ1v) is 11.9. The van der Waals surface area contributed by atoms with Gasteiger partial charge >= 0.3 is 5.16 Å². The molecule has 0 fully saturated rings. The predicted molar refractivity (Wildman–Crippen MR) is 130 cm³/mol. The molecule has 32 heavy (non-hydrogen) atoms. The fourth-order valence-electron chi connectivity index (χ4n) is 3.52. The molecule has 2 heterocycles. The van der Waals surface area contributed by atoms with E-state index >= 15 is 0 Å². The first-order chi connectivity index (χ1) is 15.7. The third kappa shape index (κ3) is 4.32. The molecular formula is C24H21N4O2S2+. The summed E-state index contributed by atoms with van der Waals surface area (Å²) in [5.74, 6) is 0.961. The van der Waals surface area contributed by atoms with Crippen LogP contribution in [0.3, 0.4) is 0 Å². The Morgan fingerprint density at radius 3 is 2.78 bits per heavy atom. The molecule has 0 saturated carbocycles. The Labute approximate surface area is 193 Å². The highest BCUT2D eigenvalue weighted by Gasteiger charge is 2.20. The van der Waals surface area contributed by atoms with E-state index in [1.807, 2.05) is 48.5 Å². The van der Waals surface area contributed by atoms with E-state index in [9.17, 15) is 4.79 Å². The normalized spacial score (nSPS) is 11.2. The van der Waals surface area contributed by atoms with Gasteiger partial charge in [-0.15, -0.1) is 0 Å². The zero-order chi connectivity index (χ0) is 21.9. The Bertz CT molecular complexity index is 1400. The second-order valence-electron chi connectivity index (χ2n) is 7.21. The Morgan fingerprint density at radius 1 is 1.12 bits per heavy atom. The van der Waals surface area contributed by atoms with Crippen LogP contribution >= 0.6 is 23.1 Å². The number of nitrogens with one attached hydrogen (secondary N) is 2. The number of aromatic nitrogens is 3. The van der Waals surface area contributed by atoms with Crippen LogP contribution in [0.5, 0.6) is 5.75 Å². The van der Waals surface area contributed by atoms with E-state index in [-0.39, 0.29) is 11.7 Å². The summed E-state index contributed by atoms with van der Waals surface area (Å²) >= 11 is 2.92. The van der Waals surface area contributed by atoms with Crippen LogP contribution in [0.2, 0.25) is 0 Å². The lowest BCUT2D eigenvalue weighted by Crippen LogP contribution is -2.35. The first-order valence-electron chi connectivity index (χ1n) is 10.1. The number of thioether (sulfide) groups is 1. The predicted octanol–water partition coefficient (Wildman–Crippen LogP) is 4.85. The average Bonchev–Trinajstić information content (AvgIpc) is 3.38. The van der Waals surface area contributed by atoms with E-state index in [2.05, 4.69) is 44.1 Å². The molecule has 2 N–H and O–H groups in total. The minimum atomic E-state index is -0.0917. The van der Waals surface area contributed by atoms with Gasteiger partial charge in [0.2, 0.25) is 5.91 Å². The number of methoxy groups -OCH3 is 1. The van der Waals surface area contributed by atoms with Crippen LogP contribution in [-0.4, -0.2) is 28.7 Å². The lowest BCUT2D eigenvalue weighted by molar-refractivity contribution is -0.700. The number of ether oxygens (including phenoxy) is 1. The molecule has 0 atom stereocenters. The standard InChI is InChI=1S/C24H20N4O2S2/c1-30-17-11-12-19-21(13-17)32-23(25-19)27-22(29)15-31-24-26-18-9-5-6-10-20(18)28(24)14-16-7-3-2-4-8-16/h2-13H,14-15H2,1H3,(H,25,27,29)/p+1. The molecule has 0 aliphatic carbocycles. The lowest BCUT2D eigenvalue weighted by atomic mass is 10.2. The minimum Gasteiger partial charge on any atom is -0.497 e. The molecule has 6 nitrogen and oxygen atoms in total. The maximum absolute atomic E-state index is 12.7. The monoisotopic (exact) mass is 461 g/mol. The van der Waals surface area contributed by atoms with E-state index < -0.39 is 0 Å². The van der Waals surface area contributed by atoms with Crippen molar-refractivity contribution in [3.05, 3.63) is 78.4 Å². The number of nitrogens with zero attached hydrogens (tertiary/aromatic N) is 2. The van der Waals surface area contributed by atoms with Gasteiger partial charge in [-0.2, -0.15) is 0 Å². The fraction of sp³-hybridized carbons (Fsp3) is 0.125. The molecule has 5 rings (SSSR count). The Morgan fingerprint density at radius 2 is 1.94 bits per heavy atom. The van der Waals surface area contributed by atoms with Crippen molar-refractivity contribution in [2.75, 3.05) is 18.2 Å². The second-order valence-corrected chi connectivity index (χ2v) is 9.20. The number of anilines is 1. The number of fused-ring (bicyclic) bond motifs is 2. The van der Waals surface area contributed by atoms with E-state index in [0.717, 1.165) is 38.7 Å². The zero-order valence-electron chi connectivity index (χ0n) is 17.4. The molecule has 2 aromatic heterocycles. The number of H-pyrrole nitrogens is 1. The molecule has 0 bridgehead atoms. The zero-order valence-corrected chi connectivity index (χ0v) is 19.0. The molecule has 0 spiro atoms. The summed E-state index contributed by atoms with van der Waals surface area (Å²) in [7, 11) is 1.64. The highest BCUT2D eigenvalue weighted by Crippen LogP contribution is 2.29. The molecule has 3 aromatic carbocycles. The summed E-state index contributed by atoms with van der Waals surface area (Å²) in [5.41, 5.74) is 4.21. The molecule has 0 saturated heterocycles. The molecule has 0 aliphatic heterocycles. The summed E-state index contributed by atoms with van der Waals surface area (Å²) in [4.78, 5) is 20.6. The number of carbonyl (C=O) groups is 1. The van der Waals surface area contributed by atoms with Gasteiger partial charge in [-0.3, -0.25) is 4.79 Å². The van der Waals surface area contributed by atoms with Gasteiger partial charge in [0.25, 0.3) is 0 Å². The molecule has 160 valence electrons. The van der Waals surface area contributed by atoms with Crippen LogP contribution in [0, 0.1) is 0 Å². The number of hydrogen-bond donors (Lipinski definition) is 2. The number of aromatic amines is 1. The second kappa shape index (κ2) is 9.02. The number of imidazole rings is 1. The summed E-state index contributed by atoms with van der Waals surface area (Å²) in [6.07, 6.45) is 0. The number of carbonyl (C=O) groups excluding carboxylic acids is 1. The highest BCUT2D eigenvalue weighted by molar-refractivity contribution is 7.99. The van der Waals surface area contributed by atoms with Crippen LogP contribution < -0.4 is 14.6 Å². The van der Waals surface area contributed by atoms with Crippen LogP contribution in [0.25, 0.3) is 21.3 Å². The SMILES string of the molecule is COc1ccc2nc(NC(=O)CSc3[nH]c4ccccc4[n+]3Cc3ccccc3)sc2c1. The molecule has 0 unspecified atom stereocenters. The van der Waals surface area contributed by atoms with E-state index in [1.54, 1.807) is 7.11 Å². The summed E-state index contributed by atoms with van der Waals surface area (Å²) < 4.78 is 8.45. The Hall–Kier alpha value is -3.36. The van der Waals surface area contributed by atoms with Crippen molar-refractivity contribution in [1.82, 2.24) is 9.97 Å². The first kappa shape index (κ1) is 20.5. The van der Waals surface area contributed by atoms with Gasteiger partial charge in [0.1, 0.15) is 12.3 Å². The molecule has 8 heteroatoms. The van der Waals surface area contributed by atoms with Crippen molar-refractivity contribution < 1.29 is 14.1 Å². The van der Waals surface area contributed by atoms with E-state index in [1.165, 1.54) is 28.7 Å². The van der Waals surface area contributed by atoms with Crippen LogP contribution in [0.1, 0.15) is 5.56 Å². The van der Waals surface area contributed by atoms with Gasteiger partial charge in [-0.05, 0) is 47.7 Å². The smallest absolute Gasteiger partial charge is 0.317 e. The summed E-state index contributed by atoms with van der Waals surface area (Å²) in [6.45, 7) is 0.731. The number of para-hydroxylation sites is 2. The Balaban J connectivity index is 1.32. The van der Waals surface area contributed by atoms with Crippen molar-refractivity contribution in [3.63, 3.8) is 0 Å². The van der Waals surface area contributed by atoms with E-state index in [0.29, 0.717) is 5.13 Å². The maximum Gasteiger partial charge on any atom is 0.317 e. The number of benzene rings is 3. The lowest BCUT2D eigenvalue weighted by Gasteiger charge is -2.03. The molecule has 1 amide bonds. The van der Waals surface area contributed by atoms with Gasteiger partial charge in [0.05, 0.1) is 23.1 Å². The number of hydrogen-bond acceptors (Lipinski definition) is 5.